The maximum absolute atomic E-state index is 13.0. The minimum absolute atomic E-state index is 0.0545. The zero-order valence-electron chi connectivity index (χ0n) is 24.3. The average molecular weight is 633 g/mol. The molecule has 2 heterocycles. The Bertz CT molecular complexity index is 1760. The van der Waals surface area contributed by atoms with Crippen LogP contribution in [0.4, 0.5) is 16.2 Å². The Balaban J connectivity index is 1.20. The number of aryl methyl sites for hydroxylation is 1. The fourth-order valence-corrected chi connectivity index (χ4v) is 5.39. The molecular formula is C33H31Cl2N5O4. The van der Waals surface area contributed by atoms with Crippen molar-refractivity contribution in [2.24, 2.45) is 0 Å². The predicted octanol–water partition coefficient (Wildman–Crippen LogP) is 6.62. The van der Waals surface area contributed by atoms with Gasteiger partial charge in [0, 0.05) is 53.1 Å². The molecule has 44 heavy (non-hydrogen) atoms. The van der Waals surface area contributed by atoms with E-state index in [1.54, 1.807) is 48.3 Å². The third kappa shape index (κ3) is 7.12. The van der Waals surface area contributed by atoms with Crippen molar-refractivity contribution in [1.82, 2.24) is 15.2 Å². The predicted molar refractivity (Wildman–Crippen MR) is 174 cm³/mol. The van der Waals surface area contributed by atoms with Gasteiger partial charge in [0.05, 0.1) is 17.3 Å². The van der Waals surface area contributed by atoms with E-state index in [-0.39, 0.29) is 24.1 Å². The second-order valence-electron chi connectivity index (χ2n) is 10.3. The Kier molecular flexibility index (Phi) is 9.67. The lowest BCUT2D eigenvalue weighted by Crippen LogP contribution is -2.40. The second kappa shape index (κ2) is 13.8. The number of benzene rings is 3. The van der Waals surface area contributed by atoms with Crippen molar-refractivity contribution in [3.05, 3.63) is 106 Å². The molecule has 0 bridgehead atoms. The lowest BCUT2D eigenvalue weighted by Gasteiger charge is -2.23. The lowest BCUT2D eigenvalue weighted by atomic mass is 10.1. The van der Waals surface area contributed by atoms with Crippen LogP contribution in [0, 0.1) is 6.92 Å². The van der Waals surface area contributed by atoms with Crippen LogP contribution in [0.2, 0.25) is 10.0 Å². The smallest absolute Gasteiger partial charge is 0.319 e. The Morgan fingerprint density at radius 1 is 1.02 bits per heavy atom. The second-order valence-corrected chi connectivity index (χ2v) is 11.1. The van der Waals surface area contributed by atoms with Crippen LogP contribution in [0.25, 0.3) is 10.9 Å². The molecule has 5 rings (SSSR count). The van der Waals surface area contributed by atoms with E-state index in [1.807, 2.05) is 49.4 Å². The van der Waals surface area contributed by atoms with Gasteiger partial charge in [-0.15, -0.1) is 0 Å². The van der Waals surface area contributed by atoms with Crippen molar-refractivity contribution in [3.8, 4) is 5.75 Å². The zero-order valence-corrected chi connectivity index (χ0v) is 25.8. The van der Waals surface area contributed by atoms with Gasteiger partial charge in [-0.1, -0.05) is 59.6 Å². The summed E-state index contributed by atoms with van der Waals surface area (Å²) in [5.74, 6) is 0.0673. The number of hydrogen-bond acceptors (Lipinski definition) is 5. The number of para-hydroxylation sites is 1. The maximum Gasteiger partial charge on any atom is 0.319 e. The van der Waals surface area contributed by atoms with Crippen LogP contribution in [-0.2, 0) is 11.4 Å². The summed E-state index contributed by atoms with van der Waals surface area (Å²) in [6.07, 6.45) is 4.82. The lowest BCUT2D eigenvalue weighted by molar-refractivity contribution is -0.117. The number of anilines is 2. The fraction of sp³-hybridized carbons (Fsp3) is 0.212. The van der Waals surface area contributed by atoms with Crippen LogP contribution in [0.5, 0.6) is 5.75 Å². The van der Waals surface area contributed by atoms with Gasteiger partial charge < -0.3 is 25.2 Å². The third-order valence-corrected chi connectivity index (χ3v) is 7.98. The van der Waals surface area contributed by atoms with Crippen LogP contribution in [0.15, 0.2) is 78.9 Å². The number of hydrogen-bond donors (Lipinski definition) is 2. The number of carbonyl (C=O) groups excluding carboxylic acids is 3. The molecule has 3 aromatic carbocycles. The van der Waals surface area contributed by atoms with E-state index in [4.69, 9.17) is 27.9 Å². The number of carbonyl (C=O) groups is 3. The first-order valence-electron chi connectivity index (χ1n) is 14.0. The van der Waals surface area contributed by atoms with Gasteiger partial charge in [0.2, 0.25) is 5.91 Å². The van der Waals surface area contributed by atoms with E-state index in [0.717, 1.165) is 23.0 Å². The number of amides is 4. The quantitative estimate of drug-likeness (QED) is 0.213. The molecule has 0 radical (unpaired) electrons. The van der Waals surface area contributed by atoms with Gasteiger partial charge in [-0.25, -0.2) is 9.78 Å². The normalized spacial score (nSPS) is 12.6. The molecule has 4 aromatic rings. The standard InChI is InChI=1S/C33H31Cl2N5O4/c1-21-12-13-22-8-7-11-28(31(22)37-21)44-20-25-26(34)14-15-27(30(25)35)39(2)29(41)19-36-33(43)38-24-10-6-9-23(18-24)32(42)40-16-4-3-5-17-40/h3-4,6-15,18H,5,16-17,19-20H2,1-2H3,(H2,36,38,43). The number of fused-ring (bicyclic) bond motifs is 1. The highest BCUT2D eigenvalue weighted by atomic mass is 35.5. The van der Waals surface area contributed by atoms with Crippen molar-refractivity contribution in [3.63, 3.8) is 0 Å². The van der Waals surface area contributed by atoms with Gasteiger partial charge in [-0.3, -0.25) is 9.59 Å². The molecule has 1 aliphatic rings. The van der Waals surface area contributed by atoms with Crippen LogP contribution < -0.4 is 20.3 Å². The molecule has 11 heteroatoms. The van der Waals surface area contributed by atoms with Crippen molar-refractivity contribution in [1.29, 1.82) is 0 Å². The Hall–Kier alpha value is -4.60. The summed E-state index contributed by atoms with van der Waals surface area (Å²) in [6.45, 7) is 2.87. The molecule has 0 spiro atoms. The molecule has 4 amide bonds. The van der Waals surface area contributed by atoms with Crippen molar-refractivity contribution >= 4 is 63.3 Å². The molecule has 9 nitrogen and oxygen atoms in total. The average Bonchev–Trinajstić information content (AvgIpc) is 3.03. The molecule has 0 saturated carbocycles. The Labute approximate surface area is 265 Å². The zero-order chi connectivity index (χ0) is 31.2. The van der Waals surface area contributed by atoms with Gasteiger partial charge in [-0.2, -0.15) is 0 Å². The summed E-state index contributed by atoms with van der Waals surface area (Å²) in [7, 11) is 1.56. The number of rotatable bonds is 8. The fourth-order valence-electron chi connectivity index (χ4n) is 4.78. The SMILES string of the molecule is Cc1ccc2cccc(OCc3c(Cl)ccc(N(C)C(=O)CNC(=O)Nc4cccc(C(=O)N5CC=CCC5)c4)c3Cl)c2n1. The summed E-state index contributed by atoms with van der Waals surface area (Å²) in [4.78, 5) is 46.1. The number of halogens is 2. The molecule has 1 aromatic heterocycles. The van der Waals surface area contributed by atoms with Gasteiger partial charge in [0.1, 0.15) is 17.9 Å². The highest BCUT2D eigenvalue weighted by molar-refractivity contribution is 6.38. The third-order valence-electron chi connectivity index (χ3n) is 7.21. The molecule has 226 valence electrons. The van der Waals surface area contributed by atoms with E-state index in [9.17, 15) is 14.4 Å². The molecule has 0 aliphatic carbocycles. The Morgan fingerprint density at radius 3 is 2.64 bits per heavy atom. The molecule has 0 atom stereocenters. The summed E-state index contributed by atoms with van der Waals surface area (Å²) >= 11 is 13.2. The number of ether oxygens (including phenoxy) is 1. The van der Waals surface area contributed by atoms with Crippen LogP contribution in [0.1, 0.15) is 28.0 Å². The maximum atomic E-state index is 13.0. The van der Waals surface area contributed by atoms with Gasteiger partial charge in [0.25, 0.3) is 5.91 Å². The number of nitrogens with one attached hydrogen (secondary N) is 2. The number of aromatic nitrogens is 1. The first-order chi connectivity index (χ1) is 21.2. The van der Waals surface area contributed by atoms with E-state index < -0.39 is 11.9 Å². The van der Waals surface area contributed by atoms with Crippen molar-refractivity contribution in [2.75, 3.05) is 36.9 Å². The first kappa shape index (κ1) is 30.8. The van der Waals surface area contributed by atoms with Crippen LogP contribution in [-0.4, -0.2) is 54.4 Å². The van der Waals surface area contributed by atoms with Crippen molar-refractivity contribution in [2.45, 2.75) is 20.0 Å². The number of likely N-dealkylation sites (N-methyl/N-ethyl adjacent to an activating group) is 1. The van der Waals surface area contributed by atoms with Gasteiger partial charge in [0.15, 0.2) is 0 Å². The largest absolute Gasteiger partial charge is 0.487 e. The molecule has 1 aliphatic heterocycles. The summed E-state index contributed by atoms with van der Waals surface area (Å²) in [5.41, 5.74) is 3.42. The van der Waals surface area contributed by atoms with Gasteiger partial charge >= 0.3 is 6.03 Å². The van der Waals surface area contributed by atoms with E-state index in [2.05, 4.69) is 15.6 Å². The number of nitrogens with zero attached hydrogens (tertiary/aromatic N) is 3. The molecule has 0 unspecified atom stereocenters. The highest BCUT2D eigenvalue weighted by Gasteiger charge is 2.20. The molecule has 0 saturated heterocycles. The van der Waals surface area contributed by atoms with E-state index >= 15 is 0 Å². The van der Waals surface area contributed by atoms with Crippen LogP contribution >= 0.6 is 23.2 Å². The monoisotopic (exact) mass is 631 g/mol. The molecule has 0 fully saturated rings. The van der Waals surface area contributed by atoms with Crippen molar-refractivity contribution < 1.29 is 19.1 Å². The number of pyridine rings is 1. The Morgan fingerprint density at radius 2 is 1.84 bits per heavy atom. The first-order valence-corrected chi connectivity index (χ1v) is 14.8. The topological polar surface area (TPSA) is 104 Å². The van der Waals surface area contributed by atoms with E-state index in [0.29, 0.717) is 46.4 Å². The molecular weight excluding hydrogens is 601 g/mol. The van der Waals surface area contributed by atoms with Gasteiger partial charge in [-0.05, 0) is 55.8 Å². The minimum Gasteiger partial charge on any atom is -0.487 e. The minimum atomic E-state index is -0.590. The summed E-state index contributed by atoms with van der Waals surface area (Å²) in [5, 5.41) is 6.83. The molecule has 2 N–H and O–H groups in total. The summed E-state index contributed by atoms with van der Waals surface area (Å²) in [6, 6.07) is 19.0. The summed E-state index contributed by atoms with van der Waals surface area (Å²) < 4.78 is 6.08. The van der Waals surface area contributed by atoms with E-state index in [1.165, 1.54) is 4.90 Å². The van der Waals surface area contributed by atoms with Crippen LogP contribution in [0.3, 0.4) is 0 Å². The highest BCUT2D eigenvalue weighted by Crippen LogP contribution is 2.35. The number of urea groups is 1.